The maximum atomic E-state index is 5.59. The Morgan fingerprint density at radius 2 is 2.19 bits per heavy atom. The van der Waals surface area contributed by atoms with E-state index in [4.69, 9.17) is 10.5 Å². The Labute approximate surface area is 97.8 Å². The first-order valence-electron chi connectivity index (χ1n) is 5.94. The van der Waals surface area contributed by atoms with Gasteiger partial charge in [-0.1, -0.05) is 13.8 Å². The largest absolute Gasteiger partial charge is 0.380 e. The highest BCUT2D eigenvalue weighted by atomic mass is 16.5. The number of nitrogens with zero attached hydrogens (tertiary/aromatic N) is 2. The Morgan fingerprint density at radius 3 is 2.75 bits per heavy atom. The van der Waals surface area contributed by atoms with Crippen molar-refractivity contribution in [3.05, 3.63) is 17.5 Å². The molecule has 0 amide bonds. The van der Waals surface area contributed by atoms with Crippen LogP contribution in [-0.4, -0.2) is 23.0 Å². The number of hydrogen-bond donors (Lipinski definition) is 1. The van der Waals surface area contributed by atoms with E-state index in [0.29, 0.717) is 12.5 Å². The van der Waals surface area contributed by atoms with Crippen molar-refractivity contribution in [1.29, 1.82) is 0 Å². The summed E-state index contributed by atoms with van der Waals surface area (Å²) in [5, 5.41) is 4.28. The van der Waals surface area contributed by atoms with Crippen LogP contribution in [0.2, 0.25) is 0 Å². The maximum absolute atomic E-state index is 5.59. The molecule has 1 aromatic rings. The van der Waals surface area contributed by atoms with Crippen LogP contribution in [0.5, 0.6) is 0 Å². The summed E-state index contributed by atoms with van der Waals surface area (Å²) in [6.45, 7) is 9.37. The molecule has 0 fully saturated rings. The van der Waals surface area contributed by atoms with E-state index in [1.165, 1.54) is 0 Å². The maximum Gasteiger partial charge on any atom is 0.0662 e. The first-order valence-corrected chi connectivity index (χ1v) is 5.94. The molecule has 0 aliphatic rings. The molecule has 16 heavy (non-hydrogen) atoms. The molecule has 0 aromatic carbocycles. The van der Waals surface area contributed by atoms with Gasteiger partial charge < -0.3 is 10.5 Å². The summed E-state index contributed by atoms with van der Waals surface area (Å²) < 4.78 is 7.51. The van der Waals surface area contributed by atoms with Crippen molar-refractivity contribution in [3.63, 3.8) is 0 Å². The number of rotatable bonds is 7. The molecule has 0 bridgehead atoms. The highest BCUT2D eigenvalue weighted by Crippen LogP contribution is 2.05. The predicted octanol–water partition coefficient (Wildman–Crippen LogP) is 1.71. The van der Waals surface area contributed by atoms with Crippen molar-refractivity contribution in [1.82, 2.24) is 9.78 Å². The fourth-order valence-corrected chi connectivity index (χ4v) is 1.48. The van der Waals surface area contributed by atoms with Crippen LogP contribution in [0.15, 0.2) is 6.20 Å². The molecule has 1 aromatic heterocycles. The first kappa shape index (κ1) is 13.2. The summed E-state index contributed by atoms with van der Waals surface area (Å²) in [6.07, 6.45) is 2.95. The highest BCUT2D eigenvalue weighted by Gasteiger charge is 2.03. The Morgan fingerprint density at radius 1 is 1.44 bits per heavy atom. The van der Waals surface area contributed by atoms with E-state index < -0.39 is 0 Å². The van der Waals surface area contributed by atoms with Crippen LogP contribution in [0.1, 0.15) is 31.5 Å². The summed E-state index contributed by atoms with van der Waals surface area (Å²) in [5.41, 5.74) is 7.85. The molecule has 0 spiro atoms. The molecular formula is C12H23N3O. The molecule has 0 saturated carbocycles. The van der Waals surface area contributed by atoms with Gasteiger partial charge in [0.05, 0.1) is 19.3 Å². The zero-order valence-corrected chi connectivity index (χ0v) is 10.6. The van der Waals surface area contributed by atoms with E-state index in [1.807, 2.05) is 17.8 Å². The highest BCUT2D eigenvalue weighted by molar-refractivity contribution is 5.15. The molecule has 0 radical (unpaired) electrons. The minimum absolute atomic E-state index is 0.556. The molecule has 0 atom stereocenters. The zero-order chi connectivity index (χ0) is 12.0. The minimum atomic E-state index is 0.556. The van der Waals surface area contributed by atoms with Crippen LogP contribution in [0.4, 0.5) is 0 Å². The smallest absolute Gasteiger partial charge is 0.0662 e. The lowest BCUT2D eigenvalue weighted by molar-refractivity contribution is 0.113. The van der Waals surface area contributed by atoms with Gasteiger partial charge in [-0.25, -0.2) is 0 Å². The van der Waals surface area contributed by atoms with Crippen molar-refractivity contribution in [2.45, 2.75) is 40.3 Å². The Kier molecular flexibility index (Phi) is 5.49. The minimum Gasteiger partial charge on any atom is -0.380 e. The summed E-state index contributed by atoms with van der Waals surface area (Å²) in [4.78, 5) is 0. The lowest BCUT2D eigenvalue weighted by Gasteiger charge is -2.08. The van der Waals surface area contributed by atoms with Gasteiger partial charge in [0.15, 0.2) is 0 Å². The van der Waals surface area contributed by atoms with Gasteiger partial charge in [-0.15, -0.1) is 0 Å². The number of nitrogens with two attached hydrogens (primary N) is 1. The third kappa shape index (κ3) is 3.94. The predicted molar refractivity (Wildman–Crippen MR) is 65.1 cm³/mol. The van der Waals surface area contributed by atoms with E-state index in [0.717, 1.165) is 37.4 Å². The number of ether oxygens (including phenoxy) is 1. The monoisotopic (exact) mass is 225 g/mol. The summed E-state index contributed by atoms with van der Waals surface area (Å²) >= 11 is 0. The Balaban J connectivity index is 2.24. The van der Waals surface area contributed by atoms with E-state index >= 15 is 0 Å². The fourth-order valence-electron chi connectivity index (χ4n) is 1.48. The lowest BCUT2D eigenvalue weighted by Crippen LogP contribution is -2.11. The van der Waals surface area contributed by atoms with E-state index in [1.54, 1.807) is 0 Å². The molecule has 1 rings (SSSR count). The van der Waals surface area contributed by atoms with Crippen molar-refractivity contribution >= 4 is 0 Å². The topological polar surface area (TPSA) is 53.1 Å². The van der Waals surface area contributed by atoms with Crippen LogP contribution in [0.25, 0.3) is 0 Å². The van der Waals surface area contributed by atoms with Gasteiger partial charge in [0, 0.05) is 24.4 Å². The van der Waals surface area contributed by atoms with Crippen LogP contribution in [0, 0.1) is 12.8 Å². The molecule has 2 N–H and O–H groups in total. The molecule has 0 aliphatic carbocycles. The average molecular weight is 225 g/mol. The normalized spacial score (nSPS) is 11.3. The summed E-state index contributed by atoms with van der Waals surface area (Å²) in [5.74, 6) is 0.704. The van der Waals surface area contributed by atoms with Crippen LogP contribution < -0.4 is 5.73 Å². The van der Waals surface area contributed by atoms with Crippen molar-refractivity contribution < 1.29 is 4.74 Å². The number of hydrogen-bond acceptors (Lipinski definition) is 3. The van der Waals surface area contributed by atoms with Gasteiger partial charge in [-0.05, 0) is 19.3 Å². The number of aromatic nitrogens is 2. The van der Waals surface area contributed by atoms with Gasteiger partial charge in [-0.2, -0.15) is 5.10 Å². The molecular weight excluding hydrogens is 202 g/mol. The SMILES string of the molecule is Cc1c(CN)cnn1CCOCCC(C)C. The second-order valence-corrected chi connectivity index (χ2v) is 4.48. The van der Waals surface area contributed by atoms with Gasteiger partial charge in [0.25, 0.3) is 0 Å². The molecule has 0 saturated heterocycles. The third-order valence-electron chi connectivity index (χ3n) is 2.71. The van der Waals surface area contributed by atoms with Gasteiger partial charge >= 0.3 is 0 Å². The molecule has 0 unspecified atom stereocenters. The second kappa shape index (κ2) is 6.66. The Bertz CT molecular complexity index is 307. The van der Waals surface area contributed by atoms with Gasteiger partial charge in [-0.3, -0.25) is 4.68 Å². The fraction of sp³-hybridized carbons (Fsp3) is 0.750. The van der Waals surface area contributed by atoms with Crippen molar-refractivity contribution in [3.8, 4) is 0 Å². The van der Waals surface area contributed by atoms with E-state index in [-0.39, 0.29) is 0 Å². The quantitative estimate of drug-likeness (QED) is 0.719. The van der Waals surface area contributed by atoms with Gasteiger partial charge in [0.1, 0.15) is 0 Å². The zero-order valence-electron chi connectivity index (χ0n) is 10.6. The summed E-state index contributed by atoms with van der Waals surface area (Å²) in [6, 6.07) is 0. The standard InChI is InChI=1S/C12H23N3O/c1-10(2)4-6-16-7-5-15-11(3)12(8-13)9-14-15/h9-10H,4-8,13H2,1-3H3. The van der Waals surface area contributed by atoms with Gasteiger partial charge in [0.2, 0.25) is 0 Å². The third-order valence-corrected chi connectivity index (χ3v) is 2.71. The first-order chi connectivity index (χ1) is 7.65. The Hall–Kier alpha value is -0.870. The molecule has 4 heteroatoms. The van der Waals surface area contributed by atoms with E-state index in [2.05, 4.69) is 18.9 Å². The second-order valence-electron chi connectivity index (χ2n) is 4.48. The van der Waals surface area contributed by atoms with Crippen LogP contribution in [0.3, 0.4) is 0 Å². The van der Waals surface area contributed by atoms with E-state index in [9.17, 15) is 0 Å². The lowest BCUT2D eigenvalue weighted by atomic mass is 10.1. The van der Waals surface area contributed by atoms with Crippen molar-refractivity contribution in [2.24, 2.45) is 11.7 Å². The molecule has 1 heterocycles. The summed E-state index contributed by atoms with van der Waals surface area (Å²) in [7, 11) is 0. The molecule has 4 nitrogen and oxygen atoms in total. The van der Waals surface area contributed by atoms with Crippen LogP contribution >= 0.6 is 0 Å². The molecule has 0 aliphatic heterocycles. The molecule has 92 valence electrons. The van der Waals surface area contributed by atoms with Crippen LogP contribution in [-0.2, 0) is 17.8 Å². The van der Waals surface area contributed by atoms with Crippen molar-refractivity contribution in [2.75, 3.05) is 13.2 Å². The average Bonchev–Trinajstić information content (AvgIpc) is 2.59.